The molecule has 4 heterocycles. The molecule has 0 saturated carbocycles. The topological polar surface area (TPSA) is 73.9 Å². The first kappa shape index (κ1) is 28.7. The predicted octanol–water partition coefficient (Wildman–Crippen LogP) is 6.35. The first-order valence-electron chi connectivity index (χ1n) is 12.5. The molecule has 0 N–H and O–H groups in total. The predicted molar refractivity (Wildman–Crippen MR) is 139 cm³/mol. The minimum Gasteiger partial charge on any atom is -0.479 e. The van der Waals surface area contributed by atoms with Gasteiger partial charge >= 0.3 is 12.4 Å². The Labute approximate surface area is 235 Å². The van der Waals surface area contributed by atoms with E-state index in [1.807, 2.05) is 13.1 Å². The van der Waals surface area contributed by atoms with Crippen molar-refractivity contribution in [1.29, 1.82) is 0 Å². The largest absolute Gasteiger partial charge is 0.479 e. The summed E-state index contributed by atoms with van der Waals surface area (Å²) in [5, 5.41) is 4.78. The van der Waals surface area contributed by atoms with Gasteiger partial charge < -0.3 is 14.2 Å². The maximum absolute atomic E-state index is 13.2. The van der Waals surface area contributed by atoms with E-state index in [9.17, 15) is 26.3 Å². The minimum absolute atomic E-state index is 0.204. The fraction of sp³-hybridized carbons (Fsp3) is 0.385. The molecule has 41 heavy (non-hydrogen) atoms. The van der Waals surface area contributed by atoms with E-state index in [1.54, 1.807) is 27.7 Å². The Morgan fingerprint density at radius 2 is 1.78 bits per heavy atom. The zero-order valence-electron chi connectivity index (χ0n) is 21.8. The number of pyridine rings is 1. The van der Waals surface area contributed by atoms with Crippen molar-refractivity contribution in [3.8, 4) is 23.1 Å². The zero-order chi connectivity index (χ0) is 29.5. The number of ether oxygens (including phenoxy) is 1. The van der Waals surface area contributed by atoms with Crippen LogP contribution in [-0.4, -0.2) is 61.9 Å². The second kappa shape index (κ2) is 10.9. The van der Waals surface area contributed by atoms with E-state index in [2.05, 4.69) is 20.1 Å². The third kappa shape index (κ3) is 6.42. The van der Waals surface area contributed by atoms with Gasteiger partial charge in [-0.15, -0.1) is 5.10 Å². The van der Waals surface area contributed by atoms with E-state index in [0.29, 0.717) is 53.9 Å². The molecule has 3 aromatic heterocycles. The number of imidazole rings is 1. The molecular weight excluding hydrogens is 576 g/mol. The molecule has 0 bridgehead atoms. The van der Waals surface area contributed by atoms with Crippen LogP contribution in [0.25, 0.3) is 17.2 Å². The number of nitrogens with zero attached hydrogens (tertiary/aromatic N) is 7. The summed E-state index contributed by atoms with van der Waals surface area (Å²) >= 11 is 6.45. The summed E-state index contributed by atoms with van der Waals surface area (Å²) in [5.74, 6) is 0.584. The summed E-state index contributed by atoms with van der Waals surface area (Å²) in [5.41, 5.74) is 2.02. The Kier molecular flexibility index (Phi) is 7.62. The third-order valence-corrected chi connectivity index (χ3v) is 6.93. The number of aryl methyl sites for hydroxylation is 2. The minimum atomic E-state index is -4.84. The lowest BCUT2D eigenvalue weighted by molar-refractivity contribution is -0.137. The molecule has 1 aliphatic heterocycles. The fourth-order valence-electron chi connectivity index (χ4n) is 4.88. The molecule has 0 fully saturated rings. The average molecular weight is 600 g/mol. The highest BCUT2D eigenvalue weighted by atomic mass is 35.5. The summed E-state index contributed by atoms with van der Waals surface area (Å²) in [6.07, 6.45) is -5.06. The number of methoxy groups -OCH3 is 1. The number of halogens is 7. The van der Waals surface area contributed by atoms with Crippen LogP contribution in [0.15, 0.2) is 42.9 Å². The fourth-order valence-corrected chi connectivity index (χ4v) is 5.13. The lowest BCUT2D eigenvalue weighted by Gasteiger charge is -2.29. The maximum atomic E-state index is 13.2. The number of hydrogen-bond acceptors (Lipinski definition) is 6. The van der Waals surface area contributed by atoms with Crippen molar-refractivity contribution in [2.75, 3.05) is 25.1 Å². The van der Waals surface area contributed by atoms with E-state index in [-0.39, 0.29) is 15.6 Å². The van der Waals surface area contributed by atoms with Gasteiger partial charge in [0.15, 0.2) is 5.82 Å². The molecule has 15 heteroatoms. The maximum Gasteiger partial charge on any atom is 0.405 e. The van der Waals surface area contributed by atoms with Crippen molar-refractivity contribution in [3.05, 3.63) is 65.0 Å². The van der Waals surface area contributed by atoms with Crippen molar-refractivity contribution in [2.45, 2.75) is 44.6 Å². The van der Waals surface area contributed by atoms with Crippen molar-refractivity contribution in [3.63, 3.8) is 0 Å². The molecule has 0 aliphatic carbocycles. The number of alkyl halides is 6. The highest BCUT2D eigenvalue weighted by Gasteiger charge is 2.38. The van der Waals surface area contributed by atoms with Gasteiger partial charge in [0, 0.05) is 29.4 Å². The lowest BCUT2D eigenvalue weighted by Crippen LogP contribution is -2.40. The summed E-state index contributed by atoms with van der Waals surface area (Å²) < 4.78 is 87.9. The van der Waals surface area contributed by atoms with Crippen LogP contribution < -0.4 is 9.64 Å². The van der Waals surface area contributed by atoms with Gasteiger partial charge in [0.1, 0.15) is 30.3 Å². The van der Waals surface area contributed by atoms with E-state index < -0.39 is 31.4 Å². The molecule has 1 atom stereocenters. The number of hydrogen-bond donors (Lipinski definition) is 0. The molecule has 4 aromatic rings. The van der Waals surface area contributed by atoms with E-state index in [4.69, 9.17) is 16.3 Å². The van der Waals surface area contributed by atoms with Gasteiger partial charge in [0.2, 0.25) is 5.88 Å². The van der Waals surface area contributed by atoms with Gasteiger partial charge in [-0.05, 0) is 55.7 Å². The van der Waals surface area contributed by atoms with Crippen LogP contribution in [0.5, 0.6) is 5.88 Å². The van der Waals surface area contributed by atoms with Crippen LogP contribution in [-0.2, 0) is 6.54 Å². The van der Waals surface area contributed by atoms with Gasteiger partial charge in [-0.3, -0.25) is 0 Å². The molecule has 8 nitrogen and oxygen atoms in total. The molecular formula is C26H24ClF6N7O. The van der Waals surface area contributed by atoms with E-state index >= 15 is 0 Å². The summed E-state index contributed by atoms with van der Waals surface area (Å²) in [6, 6.07) is 7.25. The summed E-state index contributed by atoms with van der Waals surface area (Å²) in [7, 11) is 1.48. The van der Waals surface area contributed by atoms with Crippen LogP contribution in [0, 0.1) is 6.92 Å². The number of aromatic nitrogens is 6. The van der Waals surface area contributed by atoms with E-state index in [1.165, 1.54) is 19.2 Å². The van der Waals surface area contributed by atoms with E-state index in [0.717, 1.165) is 11.8 Å². The first-order valence-corrected chi connectivity index (χ1v) is 12.9. The average Bonchev–Trinajstić information content (AvgIpc) is 3.53. The zero-order valence-corrected chi connectivity index (χ0v) is 22.6. The first-order chi connectivity index (χ1) is 19.3. The Hall–Kier alpha value is -3.81. The van der Waals surface area contributed by atoms with Crippen molar-refractivity contribution in [2.24, 2.45) is 0 Å². The molecule has 218 valence electrons. The SMILES string of the molecule is COc1nc(-c2nc3n(n2)CCC[C@H]3c2cc(N(CC(F)(F)F)CC(F)(F)F)ccc2Cl)ccc1-n1cnc(C)c1. The molecule has 0 unspecified atom stereocenters. The van der Waals surface area contributed by atoms with Crippen LogP contribution in [0.3, 0.4) is 0 Å². The van der Waals surface area contributed by atoms with Crippen molar-refractivity contribution in [1.82, 2.24) is 29.3 Å². The second-order valence-electron chi connectivity index (χ2n) is 9.65. The Bertz CT molecular complexity index is 1530. The highest BCUT2D eigenvalue weighted by molar-refractivity contribution is 6.31. The van der Waals surface area contributed by atoms with Gasteiger partial charge in [-0.25, -0.2) is 19.6 Å². The standard InChI is InChI=1S/C26H24ClF6N7O/c1-15-11-38(14-34-15)21-8-7-20(35-24(21)41-2)22-36-23-17(4-3-9-40(23)37-22)18-10-16(5-6-19(18)27)39(12-25(28,29)30)13-26(31,32)33/h5-8,10-11,14,17H,3-4,9,12-13H2,1-2H3/t17-/m0/s1. The molecule has 1 aromatic carbocycles. The monoisotopic (exact) mass is 599 g/mol. The molecule has 0 spiro atoms. The van der Waals surface area contributed by atoms with Gasteiger partial charge in [0.05, 0.1) is 19.1 Å². The Morgan fingerprint density at radius 1 is 1.05 bits per heavy atom. The normalized spacial score (nSPS) is 15.6. The number of benzene rings is 1. The van der Waals surface area contributed by atoms with Crippen LogP contribution in [0.2, 0.25) is 5.02 Å². The highest BCUT2D eigenvalue weighted by Crippen LogP contribution is 2.39. The number of anilines is 1. The van der Waals surface area contributed by atoms with Crippen molar-refractivity contribution < 1.29 is 31.1 Å². The molecule has 0 amide bonds. The summed E-state index contributed by atoms with van der Waals surface area (Å²) in [6.45, 7) is -1.15. The summed E-state index contributed by atoms with van der Waals surface area (Å²) in [4.78, 5) is 13.7. The van der Waals surface area contributed by atoms with Crippen LogP contribution in [0.4, 0.5) is 32.0 Å². The quantitative estimate of drug-likeness (QED) is 0.230. The van der Waals surface area contributed by atoms with Crippen LogP contribution in [0.1, 0.15) is 35.8 Å². The van der Waals surface area contributed by atoms with Gasteiger partial charge in [-0.2, -0.15) is 26.3 Å². The third-order valence-electron chi connectivity index (χ3n) is 6.59. The molecule has 5 rings (SSSR count). The number of rotatable bonds is 7. The van der Waals surface area contributed by atoms with Gasteiger partial charge in [0.25, 0.3) is 0 Å². The molecule has 0 radical (unpaired) electrons. The molecule has 0 saturated heterocycles. The number of fused-ring (bicyclic) bond motifs is 1. The Balaban J connectivity index is 1.50. The van der Waals surface area contributed by atoms with Gasteiger partial charge in [-0.1, -0.05) is 11.6 Å². The molecule has 1 aliphatic rings. The Morgan fingerprint density at radius 3 is 2.41 bits per heavy atom. The lowest BCUT2D eigenvalue weighted by atomic mass is 9.90. The van der Waals surface area contributed by atoms with Crippen molar-refractivity contribution >= 4 is 17.3 Å². The smallest absolute Gasteiger partial charge is 0.405 e. The second-order valence-corrected chi connectivity index (χ2v) is 10.1. The van der Waals surface area contributed by atoms with Crippen LogP contribution >= 0.6 is 11.6 Å².